The van der Waals surface area contributed by atoms with Crippen molar-refractivity contribution in [1.29, 1.82) is 0 Å². The van der Waals surface area contributed by atoms with E-state index in [1.165, 1.54) is 11.6 Å². The lowest BCUT2D eigenvalue weighted by molar-refractivity contribution is 0.306. The Labute approximate surface area is 384 Å². The number of hydrogen-bond donors (Lipinski definition) is 0. The van der Waals surface area contributed by atoms with E-state index in [0.717, 1.165) is 50.1 Å². The number of hydrogen-bond acceptors (Lipinski definition) is 4. The highest BCUT2D eigenvalue weighted by Crippen LogP contribution is 2.44. The van der Waals surface area contributed by atoms with Crippen molar-refractivity contribution >= 4 is 38.9 Å². The van der Waals surface area contributed by atoms with Gasteiger partial charge in [0.05, 0.1) is 35.9 Å². The average Bonchev–Trinajstić information content (AvgIpc) is 3.88. The SMILES string of the molecule is [2H]c1c([2H])c([2H])c(-c2cccc(C([2H])([2H])[2H])c2CCCCN2CN(c3cc(COc4ccc5c6ccccc6n(-c6cc(C(C)(C)C)ccn6)c5c4)cc(C(C)(C)C)c3)c3cccc(C([2H])([2H])[2H])c32)c([2H])c1[2H]. The third-order valence-electron chi connectivity index (χ3n) is 12.0. The number of unbranched alkanes of at least 4 members (excludes halogenated alkanes) is 1. The number of nitrogens with zero attached hydrogens (tertiary/aromatic N) is 4. The second-order valence-electron chi connectivity index (χ2n) is 18.4. The first-order valence-electron chi connectivity index (χ1n) is 27.0. The first kappa shape index (κ1) is 29.8. The molecule has 0 saturated heterocycles. The third kappa shape index (κ3) is 8.09. The number of fused-ring (bicyclic) bond motifs is 4. The van der Waals surface area contributed by atoms with E-state index in [4.69, 9.17) is 24.8 Å². The first-order valence-corrected chi connectivity index (χ1v) is 21.5. The van der Waals surface area contributed by atoms with Crippen LogP contribution in [0.3, 0.4) is 0 Å². The molecule has 0 atom stereocenters. The summed E-state index contributed by atoms with van der Waals surface area (Å²) in [4.78, 5) is 9.07. The van der Waals surface area contributed by atoms with Gasteiger partial charge in [0.25, 0.3) is 0 Å². The minimum absolute atomic E-state index is 0.0407. The van der Waals surface area contributed by atoms with Crippen molar-refractivity contribution in [2.75, 3.05) is 23.0 Å². The van der Waals surface area contributed by atoms with E-state index in [1.54, 1.807) is 24.3 Å². The van der Waals surface area contributed by atoms with Crippen LogP contribution in [-0.4, -0.2) is 22.8 Å². The number of aromatic nitrogens is 2. The first-order chi connectivity index (χ1) is 34.3. The Morgan fingerprint density at radius 3 is 2.29 bits per heavy atom. The zero-order chi connectivity index (χ0) is 52.5. The standard InChI is InChI=1S/C57H60N4O/c1-39-18-16-24-48(42-20-10-9-11-21-42)47(39)22-14-15-31-59-38-60(52-26-17-19-40(2)55(52)59)45-33-41(32-44(34-45)57(6,7)8)37-62-46-27-28-50-49-23-12-13-25-51(49)61(53(50)36-46)54-35-43(29-30-58-54)56(3,4)5/h9-13,16-21,23-30,32-36H,14-15,22,31,37-38H2,1-8H3/i1D3,2D3,9D,10D,11D,20D,21D. The summed E-state index contributed by atoms with van der Waals surface area (Å²) in [5, 5.41) is 2.21. The van der Waals surface area contributed by atoms with E-state index in [2.05, 4.69) is 117 Å². The van der Waals surface area contributed by atoms with Crippen molar-refractivity contribution in [3.63, 3.8) is 0 Å². The van der Waals surface area contributed by atoms with Gasteiger partial charge in [-0.25, -0.2) is 4.98 Å². The number of benzene rings is 6. The largest absolute Gasteiger partial charge is 0.489 e. The average molecular weight is 828 g/mol. The zero-order valence-electron chi connectivity index (χ0n) is 47.4. The summed E-state index contributed by atoms with van der Waals surface area (Å²) in [5.74, 6) is 1.54. The summed E-state index contributed by atoms with van der Waals surface area (Å²) >= 11 is 0. The lowest BCUT2D eigenvalue weighted by Crippen LogP contribution is -2.29. The van der Waals surface area contributed by atoms with E-state index in [1.807, 2.05) is 24.4 Å². The van der Waals surface area contributed by atoms with E-state index in [9.17, 15) is 0 Å². The van der Waals surface area contributed by atoms with Crippen LogP contribution in [0, 0.1) is 13.7 Å². The lowest BCUT2D eigenvalue weighted by atomic mass is 9.85. The van der Waals surface area contributed by atoms with Gasteiger partial charge in [0.2, 0.25) is 0 Å². The maximum atomic E-state index is 8.69. The van der Waals surface area contributed by atoms with Gasteiger partial charge < -0.3 is 14.5 Å². The van der Waals surface area contributed by atoms with Gasteiger partial charge in [0, 0.05) is 43.5 Å². The molecule has 9 rings (SSSR count). The van der Waals surface area contributed by atoms with Crippen LogP contribution in [0.2, 0.25) is 0 Å². The smallest absolute Gasteiger partial charge is 0.137 e. The van der Waals surface area contributed by atoms with Crippen LogP contribution in [0.25, 0.3) is 38.8 Å². The van der Waals surface area contributed by atoms with Gasteiger partial charge in [-0.05, 0) is 137 Å². The molecule has 0 fully saturated rings. The summed E-state index contributed by atoms with van der Waals surface area (Å²) in [6.07, 6.45) is 3.11. The van der Waals surface area contributed by atoms with Crippen LogP contribution >= 0.6 is 0 Å². The van der Waals surface area contributed by atoms with Crippen molar-refractivity contribution in [2.45, 2.75) is 91.9 Å². The van der Waals surface area contributed by atoms with Crippen molar-refractivity contribution in [3.8, 4) is 22.7 Å². The predicted molar refractivity (Wildman–Crippen MR) is 262 cm³/mol. The molecule has 5 heteroatoms. The van der Waals surface area contributed by atoms with Crippen LogP contribution in [0.15, 0.2) is 146 Å². The predicted octanol–water partition coefficient (Wildman–Crippen LogP) is 14.6. The normalized spacial score (nSPS) is 16.0. The molecule has 0 unspecified atom stereocenters. The van der Waals surface area contributed by atoms with Gasteiger partial charge >= 0.3 is 0 Å². The van der Waals surface area contributed by atoms with Crippen molar-refractivity contribution in [3.05, 3.63) is 179 Å². The fourth-order valence-corrected chi connectivity index (χ4v) is 8.69. The second kappa shape index (κ2) is 16.5. The number of para-hydroxylation sites is 2. The quantitative estimate of drug-likeness (QED) is 0.122. The Bertz CT molecular complexity index is 3390. The Hall–Kier alpha value is -6.33. The number of pyridine rings is 1. The number of anilines is 3. The molecule has 0 bridgehead atoms. The summed E-state index contributed by atoms with van der Waals surface area (Å²) in [6, 6.07) is 33.0. The molecule has 1 aliphatic heterocycles. The molecule has 0 saturated carbocycles. The van der Waals surface area contributed by atoms with Crippen LogP contribution < -0.4 is 14.5 Å². The maximum absolute atomic E-state index is 8.69. The van der Waals surface area contributed by atoms with Crippen LogP contribution in [0.4, 0.5) is 17.1 Å². The molecule has 0 aliphatic carbocycles. The maximum Gasteiger partial charge on any atom is 0.137 e. The molecule has 0 N–H and O–H groups in total. The van der Waals surface area contributed by atoms with Crippen molar-refractivity contribution in [2.24, 2.45) is 0 Å². The monoisotopic (exact) mass is 828 g/mol. The minimum Gasteiger partial charge on any atom is -0.489 e. The van der Waals surface area contributed by atoms with E-state index in [0.29, 0.717) is 43.1 Å². The van der Waals surface area contributed by atoms with Crippen LogP contribution in [0.1, 0.15) is 103 Å². The fourth-order valence-electron chi connectivity index (χ4n) is 8.69. The Morgan fingerprint density at radius 1 is 0.710 bits per heavy atom. The Kier molecular flexibility index (Phi) is 7.95. The van der Waals surface area contributed by atoms with Crippen LogP contribution in [-0.2, 0) is 23.9 Å². The van der Waals surface area contributed by atoms with Gasteiger partial charge in [-0.2, -0.15) is 0 Å². The molecule has 1 aliphatic rings. The summed E-state index contributed by atoms with van der Waals surface area (Å²) in [5.41, 5.74) is 8.10. The summed E-state index contributed by atoms with van der Waals surface area (Å²) < 4.78 is 102. The molecule has 5 nitrogen and oxygen atoms in total. The third-order valence-corrected chi connectivity index (χ3v) is 12.0. The molecule has 0 radical (unpaired) electrons. The van der Waals surface area contributed by atoms with Crippen LogP contribution in [0.5, 0.6) is 5.75 Å². The van der Waals surface area contributed by atoms with E-state index < -0.39 is 43.9 Å². The number of ether oxygens (including phenoxy) is 1. The highest BCUT2D eigenvalue weighted by molar-refractivity contribution is 6.09. The highest BCUT2D eigenvalue weighted by atomic mass is 16.5. The molecule has 2 aromatic heterocycles. The Morgan fingerprint density at radius 2 is 1.48 bits per heavy atom. The zero-order valence-corrected chi connectivity index (χ0v) is 36.4. The van der Waals surface area contributed by atoms with Gasteiger partial charge in [-0.15, -0.1) is 0 Å². The molecule has 3 heterocycles. The summed E-state index contributed by atoms with van der Waals surface area (Å²) in [7, 11) is 0. The molecule has 0 spiro atoms. The lowest BCUT2D eigenvalue weighted by Gasteiger charge is -2.26. The van der Waals surface area contributed by atoms with Gasteiger partial charge in [0.15, 0.2) is 0 Å². The molecule has 62 heavy (non-hydrogen) atoms. The minimum atomic E-state index is -2.53. The molecule has 0 amide bonds. The Balaban J connectivity index is 1.02. The fraction of sp³-hybridized carbons (Fsp3) is 0.281. The topological polar surface area (TPSA) is 33.5 Å². The number of aryl methyl sites for hydroxylation is 2. The molecule has 314 valence electrons. The highest BCUT2D eigenvalue weighted by Gasteiger charge is 2.29. The van der Waals surface area contributed by atoms with Gasteiger partial charge in [0.1, 0.15) is 18.2 Å². The van der Waals surface area contributed by atoms with Gasteiger partial charge in [-0.1, -0.05) is 126 Å². The molecular weight excluding hydrogens is 757 g/mol. The van der Waals surface area contributed by atoms with E-state index >= 15 is 0 Å². The molecule has 8 aromatic rings. The molecular formula is C57H60N4O. The summed E-state index contributed by atoms with van der Waals surface area (Å²) in [6.45, 7) is 9.19. The van der Waals surface area contributed by atoms with Gasteiger partial charge in [-0.3, -0.25) is 4.57 Å². The number of rotatable bonds is 11. The van der Waals surface area contributed by atoms with Crippen molar-refractivity contribution < 1.29 is 19.8 Å². The molecule has 6 aromatic carbocycles. The van der Waals surface area contributed by atoms with E-state index in [-0.39, 0.29) is 46.1 Å². The van der Waals surface area contributed by atoms with Crippen molar-refractivity contribution in [1.82, 2.24) is 9.55 Å². The second-order valence-corrected chi connectivity index (χ2v) is 18.4.